The average Bonchev–Trinajstić information content (AvgIpc) is 3.29. The van der Waals surface area contributed by atoms with Crippen LogP contribution in [0.25, 0.3) is 0 Å². The Morgan fingerprint density at radius 3 is 1.22 bits per heavy atom. The smallest absolute Gasteiger partial charge is 0.457 e. The first-order chi connectivity index (χ1) is 29.9. The van der Waals surface area contributed by atoms with Crippen molar-refractivity contribution >= 4 is 50.3 Å². The number of ether oxygens (including phenoxy) is 1. The van der Waals surface area contributed by atoms with E-state index in [9.17, 15) is 49.3 Å². The highest BCUT2D eigenvalue weighted by molar-refractivity contribution is 6.74. The molecule has 0 amide bonds. The highest BCUT2D eigenvalue weighted by atomic mass is 19.1. The second-order valence-corrected chi connectivity index (χ2v) is 13.6. The van der Waals surface area contributed by atoms with E-state index < -0.39 is 59.9 Å². The van der Waals surface area contributed by atoms with Gasteiger partial charge in [0.05, 0.1) is 49.7 Å². The number of nitriles is 2. The summed E-state index contributed by atoms with van der Waals surface area (Å²) in [7, 11) is -6.42. The minimum absolute atomic E-state index is 0. The summed E-state index contributed by atoms with van der Waals surface area (Å²) in [5.74, 6) is -0.281. The Labute approximate surface area is 364 Å². The summed E-state index contributed by atoms with van der Waals surface area (Å²) >= 11 is 0. The van der Waals surface area contributed by atoms with E-state index in [4.69, 9.17) is 24.4 Å². The molecule has 0 aliphatic carbocycles. The molecule has 0 aromatic heterocycles. The number of aliphatic hydroxyl groups is 4. The molecule has 19 heteroatoms. The Bertz CT molecular complexity index is 2360. The van der Waals surface area contributed by atoms with Gasteiger partial charge in [-0.1, -0.05) is 56.0 Å². The number of halogens is 2. The van der Waals surface area contributed by atoms with Crippen molar-refractivity contribution in [1.82, 2.24) is 0 Å². The molecular formula is C44H42B4F2N2O11. The van der Waals surface area contributed by atoms with E-state index in [0.29, 0.717) is 45.6 Å². The van der Waals surface area contributed by atoms with Crippen molar-refractivity contribution in [2.75, 3.05) is 0 Å². The first-order valence-electron chi connectivity index (χ1n) is 18.8. The van der Waals surface area contributed by atoms with Crippen LogP contribution in [0.2, 0.25) is 0 Å². The Kier molecular flexibility index (Phi) is 18.8. The Balaban J connectivity index is 0.000000310. The lowest BCUT2D eigenvalue weighted by atomic mass is 9.68. The van der Waals surface area contributed by atoms with Crippen molar-refractivity contribution in [3.05, 3.63) is 177 Å². The Hall–Kier alpha value is -6.18. The maximum absolute atomic E-state index is 13.1. The van der Waals surface area contributed by atoms with Gasteiger partial charge in [-0.2, -0.15) is 10.5 Å². The Morgan fingerprint density at radius 2 is 0.794 bits per heavy atom. The second kappa shape index (κ2) is 23.9. The molecular weight excluding hydrogens is 814 g/mol. The van der Waals surface area contributed by atoms with Crippen molar-refractivity contribution in [2.45, 2.75) is 40.3 Å². The summed E-state index contributed by atoms with van der Waals surface area (Å²) < 4.78 is 42.5. The highest BCUT2D eigenvalue weighted by Crippen LogP contribution is 2.23. The first-order valence-corrected chi connectivity index (χ1v) is 18.8. The molecule has 6 aromatic carbocycles. The molecule has 6 rings (SSSR count). The third kappa shape index (κ3) is 13.4. The normalized spacial score (nSPS) is 10.3. The van der Waals surface area contributed by atoms with Gasteiger partial charge in [-0.3, -0.25) is 0 Å². The van der Waals surface area contributed by atoms with Crippen molar-refractivity contribution in [3.8, 4) is 23.6 Å². The fourth-order valence-electron chi connectivity index (χ4n) is 6.28. The molecule has 8 N–H and O–H groups in total. The van der Waals surface area contributed by atoms with Crippen molar-refractivity contribution in [3.63, 3.8) is 0 Å². The second-order valence-electron chi connectivity index (χ2n) is 13.6. The third-order valence-corrected chi connectivity index (χ3v) is 9.50. The molecule has 0 unspecified atom stereocenters. The largest absolute Gasteiger partial charge is 0.478 e. The van der Waals surface area contributed by atoms with Crippen LogP contribution < -0.4 is 26.6 Å². The molecule has 0 aliphatic rings. The van der Waals surface area contributed by atoms with Crippen LogP contribution >= 0.6 is 0 Å². The molecule has 0 radical (unpaired) electrons. The lowest BCUT2D eigenvalue weighted by Crippen LogP contribution is -2.47. The SMILES string of the molecule is C.N#Cc1ccc(Cc2ccc(B(O)OB(O)c3ccc(Oc4ccc(C#N)cc4)cc3CO)c(CO)c2)cc1.OCc1cc(F)ccc1B(O)OB(O)c1ccc(F)cc1CO. The summed E-state index contributed by atoms with van der Waals surface area (Å²) in [6, 6.07) is 34.3. The molecule has 0 heterocycles. The van der Waals surface area contributed by atoms with Crippen LogP contribution in [0.1, 0.15) is 51.9 Å². The summed E-state index contributed by atoms with van der Waals surface area (Å²) in [4.78, 5) is 0. The molecule has 13 nitrogen and oxygen atoms in total. The average molecular weight is 856 g/mol. The number of hydrogen-bond donors (Lipinski definition) is 8. The molecule has 0 saturated heterocycles. The summed E-state index contributed by atoms with van der Waals surface area (Å²) in [6.45, 7) is -1.82. The van der Waals surface area contributed by atoms with E-state index in [0.717, 1.165) is 35.4 Å². The van der Waals surface area contributed by atoms with Crippen LogP contribution in [-0.2, 0) is 42.0 Å². The van der Waals surface area contributed by atoms with Crippen LogP contribution in [0.4, 0.5) is 8.78 Å². The van der Waals surface area contributed by atoms with Crippen molar-refractivity contribution < 1.29 is 63.2 Å². The van der Waals surface area contributed by atoms with Gasteiger partial charge in [-0.15, -0.1) is 0 Å². The predicted octanol–water partition coefficient (Wildman–Crippen LogP) is 1.57. The van der Waals surface area contributed by atoms with E-state index in [2.05, 4.69) is 6.07 Å². The van der Waals surface area contributed by atoms with Gasteiger partial charge in [0.2, 0.25) is 0 Å². The zero-order valence-corrected chi connectivity index (χ0v) is 32.8. The van der Waals surface area contributed by atoms with Gasteiger partial charge in [-0.25, -0.2) is 8.78 Å². The summed E-state index contributed by atoms with van der Waals surface area (Å²) in [5.41, 5.74) is 4.63. The maximum Gasteiger partial charge on any atom is 0.478 e. The van der Waals surface area contributed by atoms with E-state index in [1.54, 1.807) is 66.7 Å². The number of aliphatic hydroxyl groups excluding tert-OH is 4. The monoisotopic (exact) mass is 856 g/mol. The molecule has 320 valence electrons. The molecule has 0 spiro atoms. The predicted molar refractivity (Wildman–Crippen MR) is 234 cm³/mol. The van der Waals surface area contributed by atoms with Gasteiger partial charge in [0.25, 0.3) is 0 Å². The van der Waals surface area contributed by atoms with Crippen LogP contribution in [0.5, 0.6) is 11.5 Å². The number of nitrogens with zero attached hydrogens (tertiary/aromatic N) is 2. The number of rotatable bonds is 16. The maximum atomic E-state index is 13.1. The molecule has 0 atom stereocenters. The van der Waals surface area contributed by atoms with E-state index in [1.807, 2.05) is 18.2 Å². The standard InChI is InChI=1S/C29H24B2N2O6.C14H14B2F2O5.CH4/c32-16-21-3-1-20(2-4-21)13-23-7-11-28(24(14-23)18-34)30(36)39-31(37)29-12-10-27(15-25(29)19-35)38-26-8-5-22(17-33)6-9-26;17-11-1-3-13(9(5-11)7-19)15(21)23-16(22)14-4-2-12(18)6-10(14)8-20;/h1-12,14-15,34-37H,13,18-19H2;1-6,19-22H,7-8H2;1H4. The Morgan fingerprint density at radius 1 is 0.444 bits per heavy atom. The van der Waals surface area contributed by atoms with Gasteiger partial charge in [-0.05, 0) is 134 Å². The fourth-order valence-corrected chi connectivity index (χ4v) is 6.28. The van der Waals surface area contributed by atoms with Crippen LogP contribution in [0.15, 0.2) is 121 Å². The molecule has 0 fully saturated rings. The van der Waals surface area contributed by atoms with E-state index >= 15 is 0 Å². The van der Waals surface area contributed by atoms with Crippen molar-refractivity contribution in [1.29, 1.82) is 10.5 Å². The van der Waals surface area contributed by atoms with Gasteiger partial charge in [0, 0.05) is 0 Å². The first kappa shape index (κ1) is 49.5. The summed E-state index contributed by atoms with van der Waals surface area (Å²) in [5, 5.41) is 97.5. The van der Waals surface area contributed by atoms with E-state index in [1.165, 1.54) is 18.2 Å². The minimum atomic E-state index is -1.65. The zero-order valence-electron chi connectivity index (χ0n) is 32.8. The topological polar surface area (TPSA) is 237 Å². The van der Waals surface area contributed by atoms with Crippen LogP contribution in [0.3, 0.4) is 0 Å². The third-order valence-electron chi connectivity index (χ3n) is 9.50. The molecule has 63 heavy (non-hydrogen) atoms. The minimum Gasteiger partial charge on any atom is -0.457 e. The highest BCUT2D eigenvalue weighted by Gasteiger charge is 2.31. The van der Waals surface area contributed by atoms with Gasteiger partial charge >= 0.3 is 28.5 Å². The summed E-state index contributed by atoms with van der Waals surface area (Å²) in [6.07, 6.45) is 0.565. The fraction of sp³-hybridized carbons (Fsp3) is 0.136. The van der Waals surface area contributed by atoms with Gasteiger partial charge in [0.15, 0.2) is 0 Å². The molecule has 0 aliphatic heterocycles. The van der Waals surface area contributed by atoms with E-state index in [-0.39, 0.29) is 41.5 Å². The zero-order chi connectivity index (χ0) is 44.8. The molecule has 0 bridgehead atoms. The van der Waals surface area contributed by atoms with Gasteiger partial charge < -0.3 is 54.4 Å². The van der Waals surface area contributed by atoms with Crippen LogP contribution in [0, 0.1) is 34.3 Å². The number of hydrogen-bond acceptors (Lipinski definition) is 13. The number of benzene rings is 6. The van der Waals surface area contributed by atoms with Crippen molar-refractivity contribution in [2.24, 2.45) is 0 Å². The lowest BCUT2D eigenvalue weighted by Gasteiger charge is -2.18. The quantitative estimate of drug-likeness (QED) is 0.0647. The lowest BCUT2D eigenvalue weighted by molar-refractivity contribution is 0.280. The molecule has 6 aromatic rings. The van der Waals surface area contributed by atoms with Gasteiger partial charge in [0.1, 0.15) is 23.1 Å². The molecule has 0 saturated carbocycles. The van der Waals surface area contributed by atoms with Crippen LogP contribution in [-0.4, -0.2) is 69.0 Å².